The smallest absolute Gasteiger partial charge is 0.184 e. The number of ether oxygens (including phenoxy) is 1. The first kappa shape index (κ1) is 20.1. The first-order chi connectivity index (χ1) is 9.42. The summed E-state index contributed by atoms with van der Waals surface area (Å²) in [5, 5.41) is 0. The third-order valence-corrected chi connectivity index (χ3v) is 4.05. The van der Waals surface area contributed by atoms with Crippen molar-refractivity contribution >= 4 is 8.32 Å². The van der Waals surface area contributed by atoms with E-state index in [1.807, 2.05) is 0 Å². The van der Waals surface area contributed by atoms with E-state index in [0.29, 0.717) is 0 Å². The van der Waals surface area contributed by atoms with Gasteiger partial charge in [0.2, 0.25) is 0 Å². The fourth-order valence-electron chi connectivity index (χ4n) is 2.30. The van der Waals surface area contributed by atoms with E-state index in [1.54, 1.807) is 0 Å². The number of hydrogen-bond donors (Lipinski definition) is 0. The average Bonchev–Trinajstić information content (AvgIpc) is 2.33. The Kier molecular flexibility index (Phi) is 11.8. The Morgan fingerprint density at radius 1 is 0.950 bits per heavy atom. The van der Waals surface area contributed by atoms with Gasteiger partial charge < -0.3 is 14.1 Å². The molecule has 0 radical (unpaired) electrons. The van der Waals surface area contributed by atoms with E-state index >= 15 is 0 Å². The number of unbranched alkanes of at least 4 members (excludes halogenated alkanes) is 1. The Balaban J connectivity index is 4.32. The minimum atomic E-state index is -1.51. The van der Waals surface area contributed by atoms with Crippen LogP contribution in [0.2, 0.25) is 19.6 Å². The molecule has 1 unspecified atom stereocenters. The Bertz CT molecular complexity index is 213. The van der Waals surface area contributed by atoms with Crippen molar-refractivity contribution < 1.29 is 9.16 Å². The predicted octanol–water partition coefficient (Wildman–Crippen LogP) is 4.15. The predicted molar refractivity (Wildman–Crippen MR) is 91.0 cm³/mol. The summed E-state index contributed by atoms with van der Waals surface area (Å²) in [7, 11) is -1.51. The summed E-state index contributed by atoms with van der Waals surface area (Å²) < 4.78 is 12.1. The second kappa shape index (κ2) is 11.7. The van der Waals surface area contributed by atoms with Gasteiger partial charge in [0.05, 0.1) is 12.7 Å². The normalized spacial score (nSPS) is 13.9. The third kappa shape index (κ3) is 11.9. The van der Waals surface area contributed by atoms with Crippen molar-refractivity contribution in [1.29, 1.82) is 0 Å². The quantitative estimate of drug-likeness (QED) is 0.377. The number of rotatable bonds is 13. The molecule has 0 aliphatic heterocycles. The second-order valence-electron chi connectivity index (χ2n) is 6.58. The molecule has 0 aliphatic rings. The molecule has 0 bridgehead atoms. The van der Waals surface area contributed by atoms with Crippen molar-refractivity contribution in [3.05, 3.63) is 0 Å². The molecule has 122 valence electrons. The highest BCUT2D eigenvalue weighted by Gasteiger charge is 2.23. The maximum Gasteiger partial charge on any atom is 0.184 e. The van der Waals surface area contributed by atoms with Crippen LogP contribution in [0.1, 0.15) is 46.5 Å². The topological polar surface area (TPSA) is 21.7 Å². The SMILES string of the molecule is CCCCOCC(CN(CCC)CCC)O[Si](C)(C)C. The van der Waals surface area contributed by atoms with E-state index in [-0.39, 0.29) is 6.10 Å². The second-order valence-corrected chi connectivity index (χ2v) is 11.0. The summed E-state index contributed by atoms with van der Waals surface area (Å²) >= 11 is 0. The van der Waals surface area contributed by atoms with E-state index < -0.39 is 8.32 Å². The monoisotopic (exact) mass is 303 g/mol. The zero-order valence-corrected chi connectivity index (χ0v) is 15.7. The van der Waals surface area contributed by atoms with E-state index in [1.165, 1.54) is 19.3 Å². The van der Waals surface area contributed by atoms with Gasteiger partial charge in [-0.15, -0.1) is 0 Å². The van der Waals surface area contributed by atoms with E-state index in [2.05, 4.69) is 45.3 Å². The lowest BCUT2D eigenvalue weighted by atomic mass is 10.3. The molecule has 0 amide bonds. The van der Waals surface area contributed by atoms with Gasteiger partial charge in [-0.1, -0.05) is 27.2 Å². The summed E-state index contributed by atoms with van der Waals surface area (Å²) in [4.78, 5) is 2.52. The summed E-state index contributed by atoms with van der Waals surface area (Å²) in [6.07, 6.45) is 4.98. The lowest BCUT2D eigenvalue weighted by Crippen LogP contribution is -2.43. The average molecular weight is 304 g/mol. The maximum atomic E-state index is 6.31. The van der Waals surface area contributed by atoms with Gasteiger partial charge in [0.25, 0.3) is 0 Å². The molecule has 0 aliphatic carbocycles. The minimum Gasteiger partial charge on any atom is -0.411 e. The molecule has 0 aromatic heterocycles. The Labute approximate surface area is 128 Å². The lowest BCUT2D eigenvalue weighted by Gasteiger charge is -2.31. The molecule has 0 heterocycles. The standard InChI is InChI=1S/C16H37NO2Si/c1-7-10-13-18-15-16(19-20(4,5)6)14-17(11-8-2)12-9-3/h16H,7-15H2,1-6H3. The minimum absolute atomic E-state index is 0.233. The molecule has 0 aromatic rings. The first-order valence-electron chi connectivity index (χ1n) is 8.40. The summed E-state index contributed by atoms with van der Waals surface area (Å²) in [5.74, 6) is 0. The third-order valence-electron chi connectivity index (χ3n) is 3.01. The van der Waals surface area contributed by atoms with Gasteiger partial charge in [-0.3, -0.25) is 0 Å². The van der Waals surface area contributed by atoms with Crippen LogP contribution in [0.25, 0.3) is 0 Å². The highest BCUT2D eigenvalue weighted by Crippen LogP contribution is 2.10. The van der Waals surface area contributed by atoms with Crippen molar-refractivity contribution in [2.45, 2.75) is 72.2 Å². The zero-order valence-electron chi connectivity index (χ0n) is 14.7. The van der Waals surface area contributed by atoms with Crippen molar-refractivity contribution in [1.82, 2.24) is 4.90 Å². The summed E-state index contributed by atoms with van der Waals surface area (Å²) in [5.41, 5.74) is 0. The molecule has 0 aromatic carbocycles. The van der Waals surface area contributed by atoms with Gasteiger partial charge >= 0.3 is 0 Å². The van der Waals surface area contributed by atoms with Gasteiger partial charge in [-0.25, -0.2) is 0 Å². The summed E-state index contributed by atoms with van der Waals surface area (Å²) in [6.45, 7) is 18.4. The van der Waals surface area contributed by atoms with Crippen LogP contribution in [0.4, 0.5) is 0 Å². The molecule has 3 nitrogen and oxygen atoms in total. The highest BCUT2D eigenvalue weighted by atomic mass is 28.4. The highest BCUT2D eigenvalue weighted by molar-refractivity contribution is 6.69. The van der Waals surface area contributed by atoms with Gasteiger partial charge in [0.1, 0.15) is 0 Å². The van der Waals surface area contributed by atoms with Crippen LogP contribution in [0.3, 0.4) is 0 Å². The molecule has 0 fully saturated rings. The van der Waals surface area contributed by atoms with Crippen molar-refractivity contribution in [2.75, 3.05) is 32.8 Å². The van der Waals surface area contributed by atoms with E-state index in [4.69, 9.17) is 9.16 Å². The Morgan fingerprint density at radius 3 is 2.00 bits per heavy atom. The van der Waals surface area contributed by atoms with Crippen molar-refractivity contribution in [2.24, 2.45) is 0 Å². The van der Waals surface area contributed by atoms with Crippen molar-refractivity contribution in [3.8, 4) is 0 Å². The molecular formula is C16H37NO2Si. The Morgan fingerprint density at radius 2 is 1.55 bits per heavy atom. The number of hydrogen-bond acceptors (Lipinski definition) is 3. The molecule has 0 rings (SSSR count). The summed E-state index contributed by atoms with van der Waals surface area (Å²) in [6, 6.07) is 0. The van der Waals surface area contributed by atoms with Crippen LogP contribution >= 0.6 is 0 Å². The first-order valence-corrected chi connectivity index (χ1v) is 11.8. The van der Waals surface area contributed by atoms with E-state index in [0.717, 1.165) is 39.3 Å². The largest absolute Gasteiger partial charge is 0.411 e. The van der Waals surface area contributed by atoms with Crippen LogP contribution in [0.15, 0.2) is 0 Å². The maximum absolute atomic E-state index is 6.31. The number of nitrogens with zero attached hydrogens (tertiary/aromatic N) is 1. The molecule has 20 heavy (non-hydrogen) atoms. The van der Waals surface area contributed by atoms with Crippen molar-refractivity contribution in [3.63, 3.8) is 0 Å². The lowest BCUT2D eigenvalue weighted by molar-refractivity contribution is 0.0252. The molecule has 0 spiro atoms. The molecule has 4 heteroatoms. The van der Waals surface area contributed by atoms with Crippen LogP contribution in [-0.4, -0.2) is 52.2 Å². The van der Waals surface area contributed by atoms with Crippen LogP contribution < -0.4 is 0 Å². The molecule has 1 atom stereocenters. The van der Waals surface area contributed by atoms with Crippen LogP contribution in [-0.2, 0) is 9.16 Å². The molecular weight excluding hydrogens is 266 g/mol. The van der Waals surface area contributed by atoms with Crippen LogP contribution in [0.5, 0.6) is 0 Å². The van der Waals surface area contributed by atoms with Gasteiger partial charge in [0.15, 0.2) is 8.32 Å². The van der Waals surface area contributed by atoms with Crippen LogP contribution in [0, 0.1) is 0 Å². The Hall–Kier alpha value is 0.0969. The zero-order chi connectivity index (χ0) is 15.4. The fraction of sp³-hybridized carbons (Fsp3) is 1.00. The molecule has 0 saturated carbocycles. The molecule has 0 N–H and O–H groups in total. The van der Waals surface area contributed by atoms with Gasteiger partial charge in [-0.05, 0) is 52.0 Å². The fourth-order valence-corrected chi connectivity index (χ4v) is 3.44. The van der Waals surface area contributed by atoms with Gasteiger partial charge in [-0.2, -0.15) is 0 Å². The van der Waals surface area contributed by atoms with Gasteiger partial charge in [0, 0.05) is 13.2 Å². The van der Waals surface area contributed by atoms with E-state index in [9.17, 15) is 0 Å². The molecule has 0 saturated heterocycles.